The Morgan fingerprint density at radius 1 is 1.16 bits per heavy atom. The minimum absolute atomic E-state index is 0.227. The summed E-state index contributed by atoms with van der Waals surface area (Å²) in [7, 11) is 1.50. The quantitative estimate of drug-likeness (QED) is 0.382. The number of esters is 1. The number of fused-ring (bicyclic) bond motifs is 1. The highest BCUT2D eigenvalue weighted by molar-refractivity contribution is 5.81. The molecule has 1 unspecified atom stereocenters. The van der Waals surface area contributed by atoms with Crippen LogP contribution in [0.4, 0.5) is 0 Å². The van der Waals surface area contributed by atoms with Gasteiger partial charge in [0.1, 0.15) is 18.0 Å². The van der Waals surface area contributed by atoms with Gasteiger partial charge in [-0.05, 0) is 66.4 Å². The van der Waals surface area contributed by atoms with E-state index in [0.29, 0.717) is 47.7 Å². The number of hydroxylamine groups is 2. The van der Waals surface area contributed by atoms with Crippen molar-refractivity contribution < 1.29 is 28.6 Å². The molecule has 2 heterocycles. The maximum atomic E-state index is 13.0. The number of hydrogen-bond donors (Lipinski definition) is 0. The minimum atomic E-state index is -0.675. The predicted octanol–water partition coefficient (Wildman–Crippen LogP) is 3.88. The van der Waals surface area contributed by atoms with Crippen molar-refractivity contribution in [2.24, 2.45) is 11.3 Å². The summed E-state index contributed by atoms with van der Waals surface area (Å²) in [5.74, 6) is 2.74. The van der Waals surface area contributed by atoms with Gasteiger partial charge in [-0.3, -0.25) is 19.0 Å². The number of carbonyl (C=O) groups is 1. The monoisotopic (exact) mass is 515 g/mol. The maximum Gasteiger partial charge on any atom is 0.312 e. The number of hydrogen-bond acceptors (Lipinski definition) is 9. The number of allylic oxidation sites excluding steroid dienone is 1. The van der Waals surface area contributed by atoms with Crippen LogP contribution in [0.3, 0.4) is 0 Å². The van der Waals surface area contributed by atoms with Crippen molar-refractivity contribution in [3.05, 3.63) is 34.5 Å². The molecule has 10 heteroatoms. The summed E-state index contributed by atoms with van der Waals surface area (Å²) in [5.41, 5.74) is -0.458. The summed E-state index contributed by atoms with van der Waals surface area (Å²) in [5, 5.41) is 1.98. The van der Waals surface area contributed by atoms with Crippen molar-refractivity contribution >= 4 is 22.8 Å². The zero-order valence-corrected chi connectivity index (χ0v) is 22.8. The van der Waals surface area contributed by atoms with E-state index in [1.54, 1.807) is 38.0 Å². The van der Waals surface area contributed by atoms with Gasteiger partial charge in [-0.2, -0.15) is 0 Å². The molecule has 0 saturated carbocycles. The van der Waals surface area contributed by atoms with Gasteiger partial charge in [-0.1, -0.05) is 0 Å². The van der Waals surface area contributed by atoms with Crippen LogP contribution >= 0.6 is 0 Å². The van der Waals surface area contributed by atoms with Crippen LogP contribution < -0.4 is 15.0 Å². The summed E-state index contributed by atoms with van der Waals surface area (Å²) < 4.78 is 18.0. The van der Waals surface area contributed by atoms with Crippen LogP contribution in [0.15, 0.2) is 29.0 Å². The van der Waals surface area contributed by atoms with Crippen LogP contribution in [0.25, 0.3) is 10.9 Å². The van der Waals surface area contributed by atoms with E-state index in [1.165, 1.54) is 18.0 Å². The smallest absolute Gasteiger partial charge is 0.312 e. The first-order valence-electron chi connectivity index (χ1n) is 12.4. The lowest BCUT2D eigenvalue weighted by atomic mass is 9.93. The third-order valence-corrected chi connectivity index (χ3v) is 5.87. The third-order valence-electron chi connectivity index (χ3n) is 5.87. The van der Waals surface area contributed by atoms with Crippen LogP contribution in [0, 0.1) is 11.3 Å². The summed E-state index contributed by atoms with van der Waals surface area (Å²) in [6, 6.07) is 3.25. The number of piperidine rings is 1. The van der Waals surface area contributed by atoms with E-state index >= 15 is 0 Å². The van der Waals surface area contributed by atoms with Crippen molar-refractivity contribution in [2.75, 3.05) is 20.3 Å². The van der Waals surface area contributed by atoms with Crippen molar-refractivity contribution in [1.82, 2.24) is 14.6 Å². The molecule has 1 fully saturated rings. The molecule has 0 amide bonds. The number of rotatable bonds is 8. The Morgan fingerprint density at radius 2 is 1.89 bits per heavy atom. The van der Waals surface area contributed by atoms with Gasteiger partial charge in [-0.25, -0.2) is 14.8 Å². The Balaban J connectivity index is 1.66. The Morgan fingerprint density at radius 3 is 2.51 bits per heavy atom. The molecule has 3 rings (SSSR count). The van der Waals surface area contributed by atoms with E-state index in [0.717, 1.165) is 12.8 Å². The summed E-state index contributed by atoms with van der Waals surface area (Å²) in [6.07, 6.45) is 3.50. The first-order chi connectivity index (χ1) is 17.3. The van der Waals surface area contributed by atoms with Crippen LogP contribution in [0.5, 0.6) is 11.5 Å². The fraction of sp³-hybridized carbons (Fsp3) is 0.593. The fourth-order valence-corrected chi connectivity index (χ4v) is 3.89. The van der Waals surface area contributed by atoms with Crippen LogP contribution in [-0.2, 0) is 25.9 Å². The van der Waals surface area contributed by atoms with Gasteiger partial charge in [0.05, 0.1) is 35.6 Å². The van der Waals surface area contributed by atoms with Crippen LogP contribution in [-0.4, -0.2) is 52.4 Å². The predicted molar refractivity (Wildman–Crippen MR) is 138 cm³/mol. The van der Waals surface area contributed by atoms with E-state index in [2.05, 4.69) is 4.98 Å². The maximum absolute atomic E-state index is 13.0. The molecule has 0 spiro atoms. The summed E-state index contributed by atoms with van der Waals surface area (Å²) in [6.45, 7) is 11.8. The molecule has 0 aliphatic carbocycles. The molecule has 1 aromatic heterocycles. The van der Waals surface area contributed by atoms with Crippen molar-refractivity contribution in [3.8, 4) is 11.5 Å². The number of aromatic nitrogens is 2. The Bertz CT molecular complexity index is 1230. The highest BCUT2D eigenvalue weighted by Gasteiger charge is 2.28. The molecule has 0 radical (unpaired) electrons. The molecule has 10 nitrogen and oxygen atoms in total. The highest BCUT2D eigenvalue weighted by atomic mass is 16.7. The first-order valence-corrected chi connectivity index (χ1v) is 12.4. The van der Waals surface area contributed by atoms with Crippen LogP contribution in [0.1, 0.15) is 60.8 Å². The molecule has 0 N–H and O–H groups in total. The Kier molecular flexibility index (Phi) is 8.66. The van der Waals surface area contributed by atoms with Crippen molar-refractivity contribution in [3.63, 3.8) is 0 Å². The van der Waals surface area contributed by atoms with Gasteiger partial charge in [0.25, 0.3) is 5.56 Å². The molecule has 1 aliphatic heterocycles. The van der Waals surface area contributed by atoms with E-state index in [1.807, 2.05) is 26.7 Å². The van der Waals surface area contributed by atoms with Crippen molar-refractivity contribution in [2.45, 2.75) is 73.1 Å². The largest absolute Gasteiger partial charge is 0.493 e. The van der Waals surface area contributed by atoms with Gasteiger partial charge in [0.2, 0.25) is 0 Å². The average Bonchev–Trinajstić information content (AvgIpc) is 2.82. The zero-order valence-electron chi connectivity index (χ0n) is 22.8. The topological polar surface area (TPSA) is 109 Å². The van der Waals surface area contributed by atoms with Gasteiger partial charge in [0, 0.05) is 19.0 Å². The first kappa shape index (κ1) is 28.2. The molecule has 2 aromatic rings. The molecular weight excluding hydrogens is 478 g/mol. The summed E-state index contributed by atoms with van der Waals surface area (Å²) >= 11 is 0. The van der Waals surface area contributed by atoms with E-state index in [9.17, 15) is 14.4 Å². The van der Waals surface area contributed by atoms with E-state index in [4.69, 9.17) is 19.0 Å². The van der Waals surface area contributed by atoms with Gasteiger partial charge in [0.15, 0.2) is 18.2 Å². The molecule has 1 atom stereocenters. The van der Waals surface area contributed by atoms with Gasteiger partial charge >= 0.3 is 5.97 Å². The Hall–Kier alpha value is -3.36. The number of methoxy groups -OCH3 is 1. The molecule has 37 heavy (non-hydrogen) atoms. The summed E-state index contributed by atoms with van der Waals surface area (Å²) in [4.78, 5) is 46.7. The Labute approximate surface area is 217 Å². The van der Waals surface area contributed by atoms with E-state index in [-0.39, 0.29) is 18.2 Å². The molecule has 1 aromatic carbocycles. The number of nitrogens with zero attached hydrogens (tertiary/aromatic N) is 3. The number of benzene rings is 1. The number of ether oxygens (including phenoxy) is 3. The number of carbonyl (C=O) groups excluding carboxylic acids is 2. The minimum Gasteiger partial charge on any atom is -0.493 e. The lowest BCUT2D eigenvalue weighted by Gasteiger charge is -2.36. The average molecular weight is 516 g/mol. The van der Waals surface area contributed by atoms with Gasteiger partial charge < -0.3 is 14.2 Å². The highest BCUT2D eigenvalue weighted by Crippen LogP contribution is 2.32. The lowest BCUT2D eigenvalue weighted by Crippen LogP contribution is -2.38. The second kappa shape index (κ2) is 11.4. The molecule has 1 saturated heterocycles. The van der Waals surface area contributed by atoms with E-state index < -0.39 is 17.0 Å². The van der Waals surface area contributed by atoms with Crippen molar-refractivity contribution in [1.29, 1.82) is 0 Å². The molecule has 202 valence electrons. The second-order valence-corrected chi connectivity index (χ2v) is 11.2. The van der Waals surface area contributed by atoms with Gasteiger partial charge in [-0.15, -0.1) is 0 Å². The molecular formula is C27H37N3O7. The standard InChI is InChI=1S/C27H37N3O7/c1-26(2,3)25(33)36-17-29-16-28-21-14-23(22(34-7)13-20(21)24(29)32)35-11-9-18-8-10-30(19(12-18)15-31)37-27(4,5)6/h13-14,16,18H,8-12,17H2,1-7H3. The lowest BCUT2D eigenvalue weighted by molar-refractivity contribution is -0.215. The molecule has 0 bridgehead atoms. The fourth-order valence-electron chi connectivity index (χ4n) is 3.89. The molecule has 1 aliphatic rings. The third kappa shape index (κ3) is 7.33. The van der Waals surface area contributed by atoms with Crippen LogP contribution in [0.2, 0.25) is 0 Å². The SMILES string of the molecule is COc1cc2c(=O)n(COC(=O)C(C)(C)C)cnc2cc1OCCC1CCN(OC(C)(C)C)C(=C=O)C1. The normalized spacial score (nSPS) is 16.5. The second-order valence-electron chi connectivity index (χ2n) is 11.2. The zero-order chi connectivity index (χ0) is 27.4.